The molecule has 1 aliphatic rings. The molecule has 1 heterocycles. The molecule has 0 aromatic heterocycles. The standard InChI is InChI=1S/C22H24F3N5O/c1-2-27-22(28-13-16-11-15(12-26)7-8-18(16)23)29-17-9-10-30(14-17)19-5-3-4-6-20(19)31-21(24)25/h3-8,11,17,21H,2,9-10,13-14H2,1H3,(H2,27,28,29). The van der Waals surface area contributed by atoms with Crippen molar-refractivity contribution in [3.63, 3.8) is 0 Å². The molecular formula is C22H24F3N5O. The summed E-state index contributed by atoms with van der Waals surface area (Å²) in [6.45, 7) is 0.982. The third kappa shape index (κ3) is 6.04. The Kier molecular flexibility index (Phi) is 7.60. The highest BCUT2D eigenvalue weighted by Gasteiger charge is 2.26. The normalized spacial score (nSPS) is 16.3. The van der Waals surface area contributed by atoms with Crippen molar-refractivity contribution in [3.8, 4) is 11.8 Å². The summed E-state index contributed by atoms with van der Waals surface area (Å²) in [4.78, 5) is 6.42. The Bertz CT molecular complexity index is 960. The van der Waals surface area contributed by atoms with Crippen LogP contribution < -0.4 is 20.3 Å². The molecule has 2 aromatic rings. The van der Waals surface area contributed by atoms with Gasteiger partial charge in [-0.15, -0.1) is 0 Å². The van der Waals surface area contributed by atoms with E-state index in [0.717, 1.165) is 6.42 Å². The largest absolute Gasteiger partial charge is 0.433 e. The number of ether oxygens (including phenoxy) is 1. The number of rotatable bonds is 7. The Hall–Kier alpha value is -3.41. The Labute approximate surface area is 179 Å². The minimum atomic E-state index is -2.88. The molecule has 0 radical (unpaired) electrons. The lowest BCUT2D eigenvalue weighted by molar-refractivity contribution is -0.0495. The molecule has 1 unspecified atom stereocenters. The van der Waals surface area contributed by atoms with Crippen LogP contribution in [0.2, 0.25) is 0 Å². The number of halogens is 3. The van der Waals surface area contributed by atoms with Crippen LogP contribution in [0.25, 0.3) is 0 Å². The fraction of sp³-hybridized carbons (Fsp3) is 0.364. The smallest absolute Gasteiger partial charge is 0.387 e. The van der Waals surface area contributed by atoms with Crippen molar-refractivity contribution in [1.29, 1.82) is 5.26 Å². The summed E-state index contributed by atoms with van der Waals surface area (Å²) in [5.74, 6) is 0.251. The predicted molar refractivity (Wildman–Crippen MR) is 113 cm³/mol. The average molecular weight is 431 g/mol. The summed E-state index contributed by atoms with van der Waals surface area (Å²) in [5.41, 5.74) is 1.33. The van der Waals surface area contributed by atoms with Gasteiger partial charge in [-0.25, -0.2) is 9.38 Å². The fourth-order valence-corrected chi connectivity index (χ4v) is 3.45. The summed E-state index contributed by atoms with van der Waals surface area (Å²) in [6, 6.07) is 12.9. The highest BCUT2D eigenvalue weighted by molar-refractivity contribution is 5.80. The molecule has 164 valence electrons. The van der Waals surface area contributed by atoms with Crippen LogP contribution in [0.1, 0.15) is 24.5 Å². The molecule has 31 heavy (non-hydrogen) atoms. The maximum Gasteiger partial charge on any atom is 0.387 e. The van der Waals surface area contributed by atoms with Gasteiger partial charge >= 0.3 is 6.61 Å². The van der Waals surface area contributed by atoms with Crippen molar-refractivity contribution in [1.82, 2.24) is 10.6 Å². The molecule has 1 atom stereocenters. The molecule has 0 aliphatic carbocycles. The summed E-state index contributed by atoms with van der Waals surface area (Å²) in [7, 11) is 0. The van der Waals surface area contributed by atoms with Crippen molar-refractivity contribution < 1.29 is 17.9 Å². The third-order valence-electron chi connectivity index (χ3n) is 4.88. The van der Waals surface area contributed by atoms with Gasteiger partial charge in [0.1, 0.15) is 11.6 Å². The molecule has 1 aliphatic heterocycles. The summed E-state index contributed by atoms with van der Waals surface area (Å²) >= 11 is 0. The quantitative estimate of drug-likeness (QED) is 0.517. The van der Waals surface area contributed by atoms with Crippen LogP contribution in [0.3, 0.4) is 0 Å². The summed E-state index contributed by atoms with van der Waals surface area (Å²) in [5, 5.41) is 15.4. The number of anilines is 1. The fourth-order valence-electron chi connectivity index (χ4n) is 3.45. The second kappa shape index (κ2) is 10.6. The SMILES string of the molecule is CCNC(=NCc1cc(C#N)ccc1F)NC1CCN(c2ccccc2OC(F)F)C1. The number of para-hydroxylation sites is 2. The first-order valence-electron chi connectivity index (χ1n) is 10.0. The predicted octanol–water partition coefficient (Wildman–Crippen LogP) is 3.63. The zero-order chi connectivity index (χ0) is 22.2. The van der Waals surface area contributed by atoms with E-state index in [1.165, 1.54) is 24.3 Å². The average Bonchev–Trinajstić information content (AvgIpc) is 3.21. The first-order valence-corrected chi connectivity index (χ1v) is 10.0. The number of benzene rings is 2. The first-order chi connectivity index (χ1) is 15.0. The van der Waals surface area contributed by atoms with Crippen LogP contribution in [0.5, 0.6) is 5.75 Å². The highest BCUT2D eigenvalue weighted by Crippen LogP contribution is 2.31. The van der Waals surface area contributed by atoms with Gasteiger partial charge in [-0.3, -0.25) is 0 Å². The van der Waals surface area contributed by atoms with Gasteiger partial charge in [0.25, 0.3) is 0 Å². The van der Waals surface area contributed by atoms with E-state index in [1.807, 2.05) is 17.9 Å². The van der Waals surface area contributed by atoms with Gasteiger partial charge in [-0.2, -0.15) is 14.0 Å². The van der Waals surface area contributed by atoms with Gasteiger partial charge in [0.2, 0.25) is 0 Å². The van der Waals surface area contributed by atoms with Crippen molar-refractivity contribution in [3.05, 3.63) is 59.4 Å². The van der Waals surface area contributed by atoms with E-state index in [0.29, 0.717) is 42.4 Å². The van der Waals surface area contributed by atoms with Crippen molar-refractivity contribution >= 4 is 11.6 Å². The topological polar surface area (TPSA) is 72.7 Å². The lowest BCUT2D eigenvalue weighted by atomic mass is 10.1. The Morgan fingerprint density at radius 3 is 2.87 bits per heavy atom. The number of nitrogens with one attached hydrogen (secondary N) is 2. The molecule has 2 aromatic carbocycles. The maximum atomic E-state index is 14.0. The molecule has 3 rings (SSSR count). The van der Waals surface area contributed by atoms with E-state index in [4.69, 9.17) is 5.26 Å². The molecule has 6 nitrogen and oxygen atoms in total. The number of aliphatic imine (C=N–C) groups is 1. The van der Waals surface area contributed by atoms with E-state index in [2.05, 4.69) is 20.4 Å². The van der Waals surface area contributed by atoms with E-state index < -0.39 is 12.4 Å². The molecular weight excluding hydrogens is 407 g/mol. The molecule has 1 saturated heterocycles. The summed E-state index contributed by atoms with van der Waals surface area (Å²) < 4.78 is 44.1. The van der Waals surface area contributed by atoms with Gasteiger partial charge in [0.05, 0.1) is 23.9 Å². The van der Waals surface area contributed by atoms with E-state index in [-0.39, 0.29) is 18.3 Å². The lowest BCUT2D eigenvalue weighted by Crippen LogP contribution is -2.44. The minimum absolute atomic E-state index is 0.0210. The van der Waals surface area contributed by atoms with Crippen LogP contribution in [0.15, 0.2) is 47.5 Å². The van der Waals surface area contributed by atoms with E-state index >= 15 is 0 Å². The zero-order valence-corrected chi connectivity index (χ0v) is 17.1. The number of nitrogens with zero attached hydrogens (tertiary/aromatic N) is 3. The Morgan fingerprint density at radius 2 is 2.13 bits per heavy atom. The number of alkyl halides is 2. The third-order valence-corrected chi connectivity index (χ3v) is 4.88. The van der Waals surface area contributed by atoms with Crippen molar-refractivity contribution in [2.24, 2.45) is 4.99 Å². The number of nitriles is 1. The molecule has 0 saturated carbocycles. The molecule has 2 N–H and O–H groups in total. The van der Waals surface area contributed by atoms with Crippen LogP contribution in [-0.2, 0) is 6.54 Å². The Balaban J connectivity index is 1.67. The Morgan fingerprint density at radius 1 is 1.32 bits per heavy atom. The van der Waals surface area contributed by atoms with Crippen LogP contribution >= 0.6 is 0 Å². The number of hydrogen-bond acceptors (Lipinski definition) is 4. The van der Waals surface area contributed by atoms with E-state index in [9.17, 15) is 13.2 Å². The van der Waals surface area contributed by atoms with Crippen LogP contribution in [0.4, 0.5) is 18.9 Å². The van der Waals surface area contributed by atoms with Crippen molar-refractivity contribution in [2.75, 3.05) is 24.5 Å². The highest BCUT2D eigenvalue weighted by atomic mass is 19.3. The van der Waals surface area contributed by atoms with Gasteiger partial charge < -0.3 is 20.3 Å². The van der Waals surface area contributed by atoms with Crippen LogP contribution in [-0.4, -0.2) is 38.2 Å². The molecule has 0 bridgehead atoms. The van der Waals surface area contributed by atoms with Crippen molar-refractivity contribution in [2.45, 2.75) is 32.5 Å². The monoisotopic (exact) mass is 431 g/mol. The number of guanidine groups is 1. The second-order valence-electron chi connectivity index (χ2n) is 7.04. The maximum absolute atomic E-state index is 14.0. The molecule has 0 spiro atoms. The van der Waals surface area contributed by atoms with Gasteiger partial charge in [-0.1, -0.05) is 12.1 Å². The molecule has 9 heteroatoms. The van der Waals surface area contributed by atoms with Gasteiger partial charge in [0, 0.05) is 31.2 Å². The van der Waals surface area contributed by atoms with Gasteiger partial charge in [-0.05, 0) is 43.7 Å². The number of hydrogen-bond donors (Lipinski definition) is 2. The summed E-state index contributed by atoms with van der Waals surface area (Å²) in [6.07, 6.45) is 0.770. The first kappa shape index (κ1) is 22.3. The minimum Gasteiger partial charge on any atom is -0.433 e. The molecule has 0 amide bonds. The van der Waals surface area contributed by atoms with Gasteiger partial charge in [0.15, 0.2) is 5.96 Å². The second-order valence-corrected chi connectivity index (χ2v) is 7.04. The zero-order valence-electron chi connectivity index (χ0n) is 17.1. The van der Waals surface area contributed by atoms with E-state index in [1.54, 1.807) is 18.2 Å². The van der Waals surface area contributed by atoms with Crippen LogP contribution in [0, 0.1) is 17.1 Å². The molecule has 1 fully saturated rings. The lowest BCUT2D eigenvalue weighted by Gasteiger charge is -2.22.